The molecule has 0 bridgehead atoms. The summed E-state index contributed by atoms with van der Waals surface area (Å²) in [6.07, 6.45) is -0.342. The third kappa shape index (κ3) is 4.86. The Labute approximate surface area is 148 Å². The molecule has 0 saturated carbocycles. The summed E-state index contributed by atoms with van der Waals surface area (Å²) in [6.45, 7) is 1.81. The summed E-state index contributed by atoms with van der Waals surface area (Å²) in [4.78, 5) is 23.9. The number of anilines is 2. The van der Waals surface area contributed by atoms with E-state index in [1.54, 1.807) is 36.4 Å². The van der Waals surface area contributed by atoms with Crippen LogP contribution in [0.15, 0.2) is 36.4 Å². The summed E-state index contributed by atoms with van der Waals surface area (Å²) in [5, 5.41) is 6.35. The van der Waals surface area contributed by atoms with Crippen molar-refractivity contribution in [3.63, 3.8) is 0 Å². The quantitative estimate of drug-likeness (QED) is 0.749. The molecule has 0 saturated heterocycles. The average molecular weight is 372 g/mol. The Morgan fingerprint density at radius 2 is 1.61 bits per heavy atom. The molecule has 7 heteroatoms. The molecule has 2 N–H and O–H groups in total. The van der Waals surface area contributed by atoms with Crippen molar-refractivity contribution in [3.8, 4) is 0 Å². The maximum atomic E-state index is 11.9. The highest BCUT2D eigenvalue weighted by Crippen LogP contribution is 2.29. The first-order chi connectivity index (χ1) is 10.9. The minimum Gasteiger partial charge on any atom is -0.325 e. The first-order valence-corrected chi connectivity index (χ1v) is 7.80. The highest BCUT2D eigenvalue weighted by atomic mass is 35.5. The monoisotopic (exact) mass is 370 g/mol. The maximum Gasteiger partial charge on any atom is 0.233 e. The molecule has 120 valence electrons. The zero-order chi connectivity index (χ0) is 17.0. The Bertz CT molecular complexity index is 763. The molecule has 0 aliphatic heterocycles. The third-order valence-corrected chi connectivity index (χ3v) is 4.06. The minimum atomic E-state index is -0.488. The molecular formula is C16H13Cl3N2O2. The lowest BCUT2D eigenvalue weighted by atomic mass is 10.2. The van der Waals surface area contributed by atoms with Crippen LogP contribution in [0, 0.1) is 6.92 Å². The zero-order valence-corrected chi connectivity index (χ0v) is 14.4. The van der Waals surface area contributed by atoms with E-state index < -0.39 is 11.8 Å². The van der Waals surface area contributed by atoms with E-state index >= 15 is 0 Å². The number of carbonyl (C=O) groups excluding carboxylic acids is 2. The van der Waals surface area contributed by atoms with Crippen molar-refractivity contribution >= 4 is 58.0 Å². The lowest BCUT2D eigenvalue weighted by molar-refractivity contribution is -0.123. The number of rotatable bonds is 4. The highest BCUT2D eigenvalue weighted by Gasteiger charge is 2.13. The minimum absolute atomic E-state index is 0.233. The molecule has 0 aromatic heterocycles. The summed E-state index contributed by atoms with van der Waals surface area (Å²) >= 11 is 17.7. The molecule has 2 aromatic rings. The van der Waals surface area contributed by atoms with Crippen LogP contribution in [-0.2, 0) is 9.59 Å². The highest BCUT2D eigenvalue weighted by molar-refractivity contribution is 6.44. The summed E-state index contributed by atoms with van der Waals surface area (Å²) in [7, 11) is 0. The Hall–Kier alpha value is -1.75. The number of hydrogen-bond acceptors (Lipinski definition) is 2. The number of carbonyl (C=O) groups is 2. The molecule has 0 fully saturated rings. The fraction of sp³-hybridized carbons (Fsp3) is 0.125. The van der Waals surface area contributed by atoms with Gasteiger partial charge in [-0.25, -0.2) is 0 Å². The van der Waals surface area contributed by atoms with E-state index in [1.165, 1.54) is 0 Å². The molecule has 0 heterocycles. The largest absolute Gasteiger partial charge is 0.325 e. The summed E-state index contributed by atoms with van der Waals surface area (Å²) in [5.74, 6) is -0.927. The third-order valence-electron chi connectivity index (χ3n) is 3.01. The van der Waals surface area contributed by atoms with Crippen molar-refractivity contribution in [2.45, 2.75) is 13.3 Å². The van der Waals surface area contributed by atoms with Crippen molar-refractivity contribution in [2.75, 3.05) is 10.6 Å². The topological polar surface area (TPSA) is 58.2 Å². The normalized spacial score (nSPS) is 10.3. The fourth-order valence-corrected chi connectivity index (χ4v) is 2.48. The van der Waals surface area contributed by atoms with Crippen molar-refractivity contribution in [1.82, 2.24) is 0 Å². The molecule has 0 spiro atoms. The first-order valence-electron chi connectivity index (χ1n) is 6.66. The molecule has 0 unspecified atom stereocenters. The second-order valence-corrected chi connectivity index (χ2v) is 6.06. The van der Waals surface area contributed by atoms with Gasteiger partial charge in [-0.3, -0.25) is 9.59 Å². The van der Waals surface area contributed by atoms with Crippen LogP contribution in [0.1, 0.15) is 12.0 Å². The molecule has 0 aliphatic rings. The standard InChI is InChI=1S/C16H13Cl3N2O2/c1-9-7-10(17)5-6-12(9)20-14(22)8-15(23)21-13-4-2-3-11(18)16(13)19/h2-7H,8H2,1H3,(H,20,22)(H,21,23). The molecular weight excluding hydrogens is 359 g/mol. The lowest BCUT2D eigenvalue weighted by Gasteiger charge is -2.10. The van der Waals surface area contributed by atoms with Crippen LogP contribution < -0.4 is 10.6 Å². The van der Waals surface area contributed by atoms with Gasteiger partial charge in [0, 0.05) is 10.7 Å². The summed E-state index contributed by atoms with van der Waals surface area (Å²) in [5.41, 5.74) is 1.77. The van der Waals surface area contributed by atoms with Gasteiger partial charge in [0.15, 0.2) is 0 Å². The number of nitrogens with one attached hydrogen (secondary N) is 2. The summed E-state index contributed by atoms with van der Waals surface area (Å²) in [6, 6.07) is 9.93. The van der Waals surface area contributed by atoms with E-state index in [-0.39, 0.29) is 11.4 Å². The van der Waals surface area contributed by atoms with Gasteiger partial charge in [0.2, 0.25) is 11.8 Å². The predicted molar refractivity (Wildman–Crippen MR) is 94.5 cm³/mol. The molecule has 2 aromatic carbocycles. The van der Waals surface area contributed by atoms with Crippen LogP contribution in [0.3, 0.4) is 0 Å². The molecule has 2 rings (SSSR count). The lowest BCUT2D eigenvalue weighted by Crippen LogP contribution is -2.21. The van der Waals surface area contributed by atoms with Crippen LogP contribution in [0.2, 0.25) is 15.1 Å². The second-order valence-electron chi connectivity index (χ2n) is 4.83. The molecule has 0 aliphatic carbocycles. The van der Waals surface area contributed by atoms with Gasteiger partial charge in [-0.05, 0) is 42.8 Å². The van der Waals surface area contributed by atoms with E-state index in [0.717, 1.165) is 5.56 Å². The van der Waals surface area contributed by atoms with Gasteiger partial charge in [0.1, 0.15) is 6.42 Å². The van der Waals surface area contributed by atoms with E-state index in [0.29, 0.717) is 21.4 Å². The number of benzene rings is 2. The van der Waals surface area contributed by atoms with Gasteiger partial charge >= 0.3 is 0 Å². The number of aryl methyl sites for hydroxylation is 1. The molecule has 23 heavy (non-hydrogen) atoms. The van der Waals surface area contributed by atoms with Gasteiger partial charge in [-0.15, -0.1) is 0 Å². The second kappa shape index (κ2) is 7.68. The van der Waals surface area contributed by atoms with Crippen molar-refractivity contribution in [2.24, 2.45) is 0 Å². The van der Waals surface area contributed by atoms with Crippen LogP contribution in [-0.4, -0.2) is 11.8 Å². The van der Waals surface area contributed by atoms with Crippen molar-refractivity contribution < 1.29 is 9.59 Å². The van der Waals surface area contributed by atoms with Gasteiger partial charge in [0.05, 0.1) is 15.7 Å². The summed E-state index contributed by atoms with van der Waals surface area (Å²) < 4.78 is 0. The van der Waals surface area contributed by atoms with Crippen LogP contribution in [0.25, 0.3) is 0 Å². The van der Waals surface area contributed by atoms with E-state index in [1.807, 2.05) is 6.92 Å². The molecule has 0 radical (unpaired) electrons. The van der Waals surface area contributed by atoms with E-state index in [4.69, 9.17) is 34.8 Å². The van der Waals surface area contributed by atoms with Crippen LogP contribution >= 0.6 is 34.8 Å². The Balaban J connectivity index is 1.97. The fourth-order valence-electron chi connectivity index (χ4n) is 1.90. The number of amides is 2. The Kier molecular flexibility index (Phi) is 5.88. The van der Waals surface area contributed by atoms with Crippen molar-refractivity contribution in [3.05, 3.63) is 57.0 Å². The van der Waals surface area contributed by atoms with Gasteiger partial charge in [0.25, 0.3) is 0 Å². The van der Waals surface area contributed by atoms with E-state index in [2.05, 4.69) is 10.6 Å². The smallest absolute Gasteiger partial charge is 0.233 e. The predicted octanol–water partition coefficient (Wildman–Crippen LogP) is 4.92. The molecule has 0 atom stereocenters. The number of halogens is 3. The van der Waals surface area contributed by atoms with Crippen LogP contribution in [0.5, 0.6) is 0 Å². The zero-order valence-electron chi connectivity index (χ0n) is 12.1. The van der Waals surface area contributed by atoms with E-state index in [9.17, 15) is 9.59 Å². The first kappa shape index (κ1) is 17.6. The van der Waals surface area contributed by atoms with Gasteiger partial charge in [-0.1, -0.05) is 40.9 Å². The molecule has 2 amide bonds. The molecule has 4 nitrogen and oxygen atoms in total. The average Bonchev–Trinajstić information content (AvgIpc) is 2.47. The Morgan fingerprint density at radius 1 is 0.957 bits per heavy atom. The number of hydrogen-bond donors (Lipinski definition) is 2. The van der Waals surface area contributed by atoms with Crippen molar-refractivity contribution in [1.29, 1.82) is 0 Å². The van der Waals surface area contributed by atoms with Gasteiger partial charge in [-0.2, -0.15) is 0 Å². The maximum absolute atomic E-state index is 11.9. The Morgan fingerprint density at radius 3 is 2.26 bits per heavy atom. The SMILES string of the molecule is Cc1cc(Cl)ccc1NC(=O)CC(=O)Nc1cccc(Cl)c1Cl. The van der Waals surface area contributed by atoms with Gasteiger partial charge < -0.3 is 10.6 Å². The van der Waals surface area contributed by atoms with Crippen LogP contribution in [0.4, 0.5) is 11.4 Å².